The van der Waals surface area contributed by atoms with Crippen molar-refractivity contribution in [2.24, 2.45) is 5.92 Å². The Balaban J connectivity index is 1.91. The highest BCUT2D eigenvalue weighted by molar-refractivity contribution is 5.56. The van der Waals surface area contributed by atoms with Crippen molar-refractivity contribution in [2.75, 3.05) is 0 Å². The summed E-state index contributed by atoms with van der Waals surface area (Å²) in [5.41, 5.74) is 3.01. The highest BCUT2D eigenvalue weighted by atomic mass is 16.5. The normalized spacial score (nSPS) is 23.4. The van der Waals surface area contributed by atoms with E-state index < -0.39 is 0 Å². The molecule has 25 heavy (non-hydrogen) atoms. The van der Waals surface area contributed by atoms with Gasteiger partial charge in [-0.15, -0.1) is 0 Å². The van der Waals surface area contributed by atoms with Crippen LogP contribution in [0, 0.1) is 17.8 Å². The van der Waals surface area contributed by atoms with Crippen molar-refractivity contribution in [2.45, 2.75) is 77.7 Å². The van der Waals surface area contributed by atoms with Crippen LogP contribution < -0.4 is 4.74 Å². The lowest BCUT2D eigenvalue weighted by molar-refractivity contribution is 0.00759. The molecule has 0 amide bonds. The van der Waals surface area contributed by atoms with Gasteiger partial charge in [0.2, 0.25) is 0 Å². The van der Waals surface area contributed by atoms with Crippen LogP contribution in [0.1, 0.15) is 83.3 Å². The van der Waals surface area contributed by atoms with E-state index in [0.29, 0.717) is 17.6 Å². The Hall–Kier alpha value is -1.88. The second kappa shape index (κ2) is 7.16. The summed E-state index contributed by atoms with van der Waals surface area (Å²) in [7, 11) is 0. The predicted octanol–water partition coefficient (Wildman–Crippen LogP) is 5.93. The summed E-state index contributed by atoms with van der Waals surface area (Å²) in [6.45, 7) is 8.72. The second-order valence-electron chi connectivity index (χ2n) is 8.07. The smallest absolute Gasteiger partial charge is 0.128 e. The number of benzene rings is 1. The third-order valence-corrected chi connectivity index (χ3v) is 5.64. The molecule has 0 saturated heterocycles. The molecular weight excluding hydrogens is 308 g/mol. The number of allylic oxidation sites excluding steroid dienone is 2. The first-order valence-corrected chi connectivity index (χ1v) is 9.62. The number of phenolic OH excluding ortho intramolecular Hbond substituents is 1. The molecule has 2 atom stereocenters. The van der Waals surface area contributed by atoms with E-state index in [9.17, 15) is 5.11 Å². The highest BCUT2D eigenvalue weighted by Gasteiger charge is 2.45. The standard InChI is InChI=1S/C23H30O2/c1-5-6-7-8-9-10-17-14-20(24)22-18-13-16(2)11-12-19(18)23(3,4)25-21(22)15-17/h11,14-15,18-19,24H,5-8,12-13H2,1-4H3. The zero-order valence-electron chi connectivity index (χ0n) is 16.0. The Kier molecular flexibility index (Phi) is 5.13. The van der Waals surface area contributed by atoms with E-state index in [-0.39, 0.29) is 5.60 Å². The molecule has 1 aliphatic carbocycles. The largest absolute Gasteiger partial charge is 0.507 e. The van der Waals surface area contributed by atoms with Crippen molar-refractivity contribution >= 4 is 0 Å². The summed E-state index contributed by atoms with van der Waals surface area (Å²) in [4.78, 5) is 0. The molecule has 0 saturated carbocycles. The molecule has 134 valence electrons. The molecule has 1 heterocycles. The summed E-state index contributed by atoms with van der Waals surface area (Å²) in [5, 5.41) is 10.7. The minimum absolute atomic E-state index is 0.228. The fourth-order valence-electron chi connectivity index (χ4n) is 4.26. The predicted molar refractivity (Wildman–Crippen MR) is 103 cm³/mol. The zero-order chi connectivity index (χ0) is 18.0. The maximum Gasteiger partial charge on any atom is 0.128 e. The van der Waals surface area contributed by atoms with Gasteiger partial charge in [0, 0.05) is 29.4 Å². The van der Waals surface area contributed by atoms with Gasteiger partial charge in [-0.05, 0) is 52.2 Å². The third-order valence-electron chi connectivity index (χ3n) is 5.64. The molecule has 2 nitrogen and oxygen atoms in total. The maximum absolute atomic E-state index is 10.7. The van der Waals surface area contributed by atoms with Gasteiger partial charge in [-0.2, -0.15) is 0 Å². The van der Waals surface area contributed by atoms with Gasteiger partial charge in [-0.1, -0.05) is 43.3 Å². The number of aromatic hydroxyl groups is 1. The number of unbranched alkanes of at least 4 members (excludes halogenated alkanes) is 3. The first-order valence-electron chi connectivity index (χ1n) is 9.62. The van der Waals surface area contributed by atoms with Crippen LogP contribution in [-0.2, 0) is 0 Å². The van der Waals surface area contributed by atoms with Gasteiger partial charge in [0.25, 0.3) is 0 Å². The van der Waals surface area contributed by atoms with Crippen LogP contribution in [0.25, 0.3) is 0 Å². The topological polar surface area (TPSA) is 29.5 Å². The molecule has 2 heteroatoms. The van der Waals surface area contributed by atoms with Crippen molar-refractivity contribution < 1.29 is 9.84 Å². The summed E-state index contributed by atoms with van der Waals surface area (Å²) in [6, 6.07) is 3.84. The molecule has 0 spiro atoms. The molecule has 3 rings (SSSR count). The molecule has 2 aliphatic rings. The molecule has 0 aromatic heterocycles. The summed E-state index contributed by atoms with van der Waals surface area (Å²) in [5.74, 6) is 8.32. The van der Waals surface area contributed by atoms with E-state index in [1.54, 1.807) is 0 Å². The lowest BCUT2D eigenvalue weighted by atomic mass is 9.67. The third kappa shape index (κ3) is 3.71. The minimum Gasteiger partial charge on any atom is -0.507 e. The van der Waals surface area contributed by atoms with Crippen molar-refractivity contribution in [3.05, 3.63) is 34.9 Å². The Morgan fingerprint density at radius 3 is 2.84 bits per heavy atom. The van der Waals surface area contributed by atoms with E-state index in [1.165, 1.54) is 18.4 Å². The van der Waals surface area contributed by atoms with Gasteiger partial charge >= 0.3 is 0 Å². The zero-order valence-corrected chi connectivity index (χ0v) is 16.0. The van der Waals surface area contributed by atoms with E-state index in [1.807, 2.05) is 12.1 Å². The Bertz CT molecular complexity index is 730. The van der Waals surface area contributed by atoms with Gasteiger partial charge in [0.1, 0.15) is 17.1 Å². The van der Waals surface area contributed by atoms with Gasteiger partial charge in [0.05, 0.1) is 0 Å². The quantitative estimate of drug-likeness (QED) is 0.420. The molecule has 1 aliphatic heterocycles. The lowest BCUT2D eigenvalue weighted by Gasteiger charge is -2.47. The first-order chi connectivity index (χ1) is 11.9. The number of hydrogen-bond acceptors (Lipinski definition) is 2. The Morgan fingerprint density at radius 2 is 2.08 bits per heavy atom. The average molecular weight is 338 g/mol. The van der Waals surface area contributed by atoms with Crippen LogP contribution in [-0.4, -0.2) is 10.7 Å². The molecule has 0 bridgehead atoms. The van der Waals surface area contributed by atoms with Gasteiger partial charge in [0.15, 0.2) is 0 Å². The van der Waals surface area contributed by atoms with Crippen LogP contribution in [0.4, 0.5) is 0 Å². The SMILES string of the molecule is CCCCCC#Cc1cc(O)c2c(c1)OC(C)(C)C1CC=C(C)CC21. The van der Waals surface area contributed by atoms with E-state index in [2.05, 4.69) is 45.6 Å². The van der Waals surface area contributed by atoms with Crippen LogP contribution in [0.15, 0.2) is 23.8 Å². The summed E-state index contributed by atoms with van der Waals surface area (Å²) >= 11 is 0. The maximum atomic E-state index is 10.7. The van der Waals surface area contributed by atoms with Gasteiger partial charge < -0.3 is 9.84 Å². The molecule has 0 fully saturated rings. The van der Waals surface area contributed by atoms with E-state index in [0.717, 1.165) is 42.6 Å². The van der Waals surface area contributed by atoms with E-state index in [4.69, 9.17) is 4.74 Å². The van der Waals surface area contributed by atoms with Crippen molar-refractivity contribution in [3.63, 3.8) is 0 Å². The molecule has 2 unspecified atom stereocenters. The number of fused-ring (bicyclic) bond motifs is 3. The molecular formula is C23H30O2. The van der Waals surface area contributed by atoms with Crippen molar-refractivity contribution in [3.8, 4) is 23.3 Å². The summed E-state index contributed by atoms with van der Waals surface area (Å²) in [6.07, 6.45) is 8.82. The molecule has 1 N–H and O–H groups in total. The highest BCUT2D eigenvalue weighted by Crippen LogP contribution is 2.54. The van der Waals surface area contributed by atoms with Gasteiger partial charge in [-0.3, -0.25) is 0 Å². The number of rotatable bonds is 3. The second-order valence-corrected chi connectivity index (χ2v) is 8.07. The fourth-order valence-corrected chi connectivity index (χ4v) is 4.26. The average Bonchev–Trinajstić information content (AvgIpc) is 2.53. The monoisotopic (exact) mass is 338 g/mol. The number of phenols is 1. The van der Waals surface area contributed by atoms with Crippen LogP contribution in [0.3, 0.4) is 0 Å². The first kappa shape index (κ1) is 17.9. The number of hydrogen-bond donors (Lipinski definition) is 1. The molecule has 1 aromatic carbocycles. The minimum atomic E-state index is -0.228. The molecule has 0 radical (unpaired) electrons. The van der Waals surface area contributed by atoms with Crippen LogP contribution in [0.2, 0.25) is 0 Å². The van der Waals surface area contributed by atoms with Crippen LogP contribution >= 0.6 is 0 Å². The Labute approximate surface area is 152 Å². The van der Waals surface area contributed by atoms with Crippen molar-refractivity contribution in [1.82, 2.24) is 0 Å². The van der Waals surface area contributed by atoms with Gasteiger partial charge in [-0.25, -0.2) is 0 Å². The number of ether oxygens (including phenoxy) is 1. The van der Waals surface area contributed by atoms with E-state index >= 15 is 0 Å². The summed E-state index contributed by atoms with van der Waals surface area (Å²) < 4.78 is 6.33. The van der Waals surface area contributed by atoms with Crippen LogP contribution in [0.5, 0.6) is 11.5 Å². The Morgan fingerprint density at radius 1 is 1.28 bits per heavy atom. The fraction of sp³-hybridized carbons (Fsp3) is 0.565. The lowest BCUT2D eigenvalue weighted by Crippen LogP contribution is -2.45. The van der Waals surface area contributed by atoms with Crippen molar-refractivity contribution in [1.29, 1.82) is 0 Å². The molecule has 1 aromatic rings.